The second-order valence-corrected chi connectivity index (χ2v) is 9.19. The van der Waals surface area contributed by atoms with Crippen molar-refractivity contribution in [3.63, 3.8) is 0 Å². The fraction of sp³-hybridized carbons (Fsp3) is 0.267. The van der Waals surface area contributed by atoms with Crippen LogP contribution in [-0.4, -0.2) is 36.5 Å². The molecule has 2 heterocycles. The van der Waals surface area contributed by atoms with Crippen molar-refractivity contribution in [1.29, 1.82) is 0 Å². The van der Waals surface area contributed by atoms with Gasteiger partial charge in [-0.15, -0.1) is 0 Å². The lowest BCUT2D eigenvalue weighted by molar-refractivity contribution is -0.132. The third kappa shape index (κ3) is 4.02. The van der Waals surface area contributed by atoms with Crippen molar-refractivity contribution in [2.45, 2.75) is 33.2 Å². The Balaban J connectivity index is 1.64. The lowest BCUT2D eigenvalue weighted by atomic mass is 9.93. The molecule has 1 amide bonds. The first-order valence-electron chi connectivity index (χ1n) is 12.4. The molecular formula is C30H30N2O4. The van der Waals surface area contributed by atoms with E-state index in [-0.39, 0.29) is 11.3 Å². The van der Waals surface area contributed by atoms with Gasteiger partial charge in [-0.05, 0) is 74.4 Å². The molecule has 36 heavy (non-hydrogen) atoms. The lowest BCUT2D eigenvalue weighted by Gasteiger charge is -2.27. The minimum atomic E-state index is -0.742. The van der Waals surface area contributed by atoms with Gasteiger partial charge in [-0.1, -0.05) is 29.8 Å². The number of amides is 1. The molecule has 0 saturated carbocycles. The molecule has 1 saturated heterocycles. The van der Waals surface area contributed by atoms with Crippen molar-refractivity contribution < 1.29 is 19.4 Å². The fourth-order valence-corrected chi connectivity index (χ4v) is 5.16. The van der Waals surface area contributed by atoms with Gasteiger partial charge >= 0.3 is 0 Å². The van der Waals surface area contributed by atoms with Gasteiger partial charge in [0.05, 0.1) is 18.2 Å². The first-order chi connectivity index (χ1) is 17.4. The van der Waals surface area contributed by atoms with Gasteiger partial charge in [0.15, 0.2) is 0 Å². The number of aliphatic hydroxyl groups is 1. The maximum Gasteiger partial charge on any atom is 0.300 e. The van der Waals surface area contributed by atoms with Crippen molar-refractivity contribution in [2.75, 3.05) is 29.5 Å². The maximum absolute atomic E-state index is 13.4. The number of benzene rings is 3. The largest absolute Gasteiger partial charge is 0.507 e. The summed E-state index contributed by atoms with van der Waals surface area (Å²) in [5.41, 5.74) is 5.02. The van der Waals surface area contributed by atoms with E-state index in [2.05, 4.69) is 18.7 Å². The number of fused-ring (bicyclic) bond motifs is 1. The van der Waals surface area contributed by atoms with Gasteiger partial charge < -0.3 is 14.7 Å². The van der Waals surface area contributed by atoms with Gasteiger partial charge in [0.1, 0.15) is 11.5 Å². The summed E-state index contributed by atoms with van der Waals surface area (Å²) in [4.78, 5) is 30.6. The van der Waals surface area contributed by atoms with Crippen LogP contribution >= 0.6 is 0 Å². The molecule has 1 unspecified atom stereocenters. The molecule has 184 valence electrons. The Kier molecular flexibility index (Phi) is 6.27. The monoisotopic (exact) mass is 482 g/mol. The van der Waals surface area contributed by atoms with Crippen LogP contribution in [0.25, 0.3) is 5.76 Å². The number of ether oxygens (including phenoxy) is 1. The molecule has 2 aliphatic heterocycles. The molecular weight excluding hydrogens is 452 g/mol. The number of ketones is 1. The molecule has 2 aliphatic rings. The lowest BCUT2D eigenvalue weighted by Crippen LogP contribution is -2.29. The molecule has 5 rings (SSSR count). The average Bonchev–Trinajstić information content (AvgIpc) is 3.47. The number of aliphatic hydroxyl groups excluding tert-OH is 1. The van der Waals surface area contributed by atoms with E-state index in [1.54, 1.807) is 12.1 Å². The highest BCUT2D eigenvalue weighted by Crippen LogP contribution is 2.43. The van der Waals surface area contributed by atoms with E-state index in [1.807, 2.05) is 61.5 Å². The number of carbonyl (C=O) groups is 2. The molecule has 0 spiro atoms. The first kappa shape index (κ1) is 23.7. The van der Waals surface area contributed by atoms with E-state index in [0.717, 1.165) is 47.6 Å². The van der Waals surface area contributed by atoms with E-state index >= 15 is 0 Å². The zero-order valence-electron chi connectivity index (χ0n) is 20.8. The van der Waals surface area contributed by atoms with E-state index in [9.17, 15) is 14.7 Å². The summed E-state index contributed by atoms with van der Waals surface area (Å²) in [6.07, 6.45) is 0.741. The highest BCUT2D eigenvalue weighted by atomic mass is 16.5. The van der Waals surface area contributed by atoms with Crippen LogP contribution in [0, 0.1) is 6.92 Å². The number of rotatable bonds is 6. The van der Waals surface area contributed by atoms with Crippen LogP contribution in [0.2, 0.25) is 0 Å². The molecule has 3 aromatic carbocycles. The Labute approximate surface area is 211 Å². The predicted molar refractivity (Wildman–Crippen MR) is 142 cm³/mol. The van der Waals surface area contributed by atoms with Gasteiger partial charge in [-0.3, -0.25) is 14.5 Å². The number of Topliss-reactive ketones (excluding diaryl/α,β-unsaturated/α-hetero) is 1. The molecule has 1 atom stereocenters. The molecule has 6 heteroatoms. The van der Waals surface area contributed by atoms with Crippen molar-refractivity contribution in [3.05, 3.63) is 94.6 Å². The van der Waals surface area contributed by atoms with Crippen LogP contribution in [0.15, 0.2) is 72.3 Å². The maximum atomic E-state index is 13.4. The SMILES string of the molecule is CCN(CC)c1ccc(N2C(=O)C(=O)/C(=C(\O)c3ccc4c(c3)CCO4)C2c2cccc(C)c2)cc1. The quantitative estimate of drug-likeness (QED) is 0.289. The van der Waals surface area contributed by atoms with Crippen molar-refractivity contribution in [3.8, 4) is 5.75 Å². The molecule has 0 radical (unpaired) electrons. The van der Waals surface area contributed by atoms with Crippen LogP contribution in [-0.2, 0) is 16.0 Å². The summed E-state index contributed by atoms with van der Waals surface area (Å²) in [6.45, 7) is 8.49. The third-order valence-corrected chi connectivity index (χ3v) is 7.02. The zero-order chi connectivity index (χ0) is 25.4. The van der Waals surface area contributed by atoms with Gasteiger partial charge in [-0.25, -0.2) is 0 Å². The molecule has 1 fully saturated rings. The third-order valence-electron chi connectivity index (χ3n) is 7.02. The summed E-state index contributed by atoms with van der Waals surface area (Å²) in [5, 5.41) is 11.4. The fourth-order valence-electron chi connectivity index (χ4n) is 5.16. The van der Waals surface area contributed by atoms with Crippen molar-refractivity contribution >= 4 is 28.8 Å². The highest BCUT2D eigenvalue weighted by molar-refractivity contribution is 6.51. The zero-order valence-corrected chi connectivity index (χ0v) is 20.8. The second-order valence-electron chi connectivity index (χ2n) is 9.19. The van der Waals surface area contributed by atoms with E-state index in [1.165, 1.54) is 4.90 Å². The predicted octanol–water partition coefficient (Wildman–Crippen LogP) is 5.40. The van der Waals surface area contributed by atoms with Crippen LogP contribution < -0.4 is 14.5 Å². The Morgan fingerprint density at radius 1 is 1.03 bits per heavy atom. The van der Waals surface area contributed by atoms with Crippen molar-refractivity contribution in [2.24, 2.45) is 0 Å². The Hall–Kier alpha value is -4.06. The van der Waals surface area contributed by atoms with E-state index in [0.29, 0.717) is 17.9 Å². The summed E-state index contributed by atoms with van der Waals surface area (Å²) in [7, 11) is 0. The van der Waals surface area contributed by atoms with Crippen LogP contribution in [0.4, 0.5) is 11.4 Å². The summed E-state index contributed by atoms with van der Waals surface area (Å²) in [5.74, 6) is -0.723. The normalized spacial score (nSPS) is 18.3. The molecule has 0 aromatic heterocycles. The van der Waals surface area contributed by atoms with Crippen molar-refractivity contribution in [1.82, 2.24) is 0 Å². The minimum absolute atomic E-state index is 0.0947. The Morgan fingerprint density at radius 3 is 2.47 bits per heavy atom. The molecule has 1 N–H and O–H groups in total. The van der Waals surface area contributed by atoms with Crippen LogP contribution in [0.3, 0.4) is 0 Å². The topological polar surface area (TPSA) is 70.1 Å². The van der Waals surface area contributed by atoms with Gasteiger partial charge in [0, 0.05) is 36.4 Å². The van der Waals surface area contributed by atoms with Gasteiger partial charge in [0.25, 0.3) is 11.7 Å². The van der Waals surface area contributed by atoms with Gasteiger partial charge in [-0.2, -0.15) is 0 Å². The number of nitrogens with zero attached hydrogens (tertiary/aromatic N) is 2. The smallest absolute Gasteiger partial charge is 0.300 e. The number of hydrogen-bond donors (Lipinski definition) is 1. The second kappa shape index (κ2) is 9.53. The first-order valence-corrected chi connectivity index (χ1v) is 12.4. The molecule has 6 nitrogen and oxygen atoms in total. The van der Waals surface area contributed by atoms with Gasteiger partial charge in [0.2, 0.25) is 0 Å². The summed E-state index contributed by atoms with van der Waals surface area (Å²) >= 11 is 0. The van der Waals surface area contributed by atoms with E-state index < -0.39 is 17.7 Å². The summed E-state index contributed by atoms with van der Waals surface area (Å²) in [6, 6.07) is 20.0. The van der Waals surface area contributed by atoms with Crippen LogP contribution in [0.5, 0.6) is 5.75 Å². The summed E-state index contributed by atoms with van der Waals surface area (Å²) < 4.78 is 5.59. The average molecular weight is 483 g/mol. The number of hydrogen-bond acceptors (Lipinski definition) is 5. The van der Waals surface area contributed by atoms with E-state index in [4.69, 9.17) is 4.74 Å². The van der Waals surface area contributed by atoms with Crippen LogP contribution in [0.1, 0.15) is 42.1 Å². The number of anilines is 2. The Morgan fingerprint density at radius 2 is 1.78 bits per heavy atom. The minimum Gasteiger partial charge on any atom is -0.507 e. The Bertz CT molecular complexity index is 1360. The standard InChI is InChI=1S/C30H30N2O4/c1-4-31(5-2)23-10-12-24(13-11-23)32-27(21-8-6-7-19(3)17-21)26(29(34)30(32)35)28(33)22-9-14-25-20(18-22)15-16-36-25/h6-14,17-18,27,33H,4-5,15-16H2,1-3H3/b28-26-. The number of aryl methyl sites for hydroxylation is 1. The molecule has 0 bridgehead atoms. The molecule has 0 aliphatic carbocycles. The molecule has 3 aromatic rings. The number of carbonyl (C=O) groups excluding carboxylic acids is 2. The highest BCUT2D eigenvalue weighted by Gasteiger charge is 2.47.